The minimum absolute atomic E-state index is 0.145. The molecule has 0 saturated carbocycles. The molecule has 0 bridgehead atoms. The first-order chi connectivity index (χ1) is 12.8. The molecule has 0 radical (unpaired) electrons. The molecule has 0 N–H and O–H groups in total. The minimum atomic E-state index is -0.145. The van der Waals surface area contributed by atoms with Crippen molar-refractivity contribution in [2.24, 2.45) is 0 Å². The van der Waals surface area contributed by atoms with Gasteiger partial charge in [-0.3, -0.25) is 4.90 Å². The third-order valence-electron chi connectivity index (χ3n) is 5.48. The van der Waals surface area contributed by atoms with Crippen LogP contribution in [0.25, 0.3) is 0 Å². The van der Waals surface area contributed by atoms with Crippen LogP contribution in [0.4, 0.5) is 4.79 Å². The van der Waals surface area contributed by atoms with E-state index in [-0.39, 0.29) is 6.09 Å². The average molecular weight is 369 g/mol. The second-order valence-corrected chi connectivity index (χ2v) is 7.77. The molecule has 0 unspecified atom stereocenters. The molecule has 0 atom stereocenters. The highest BCUT2D eigenvalue weighted by Crippen LogP contribution is 2.13. The van der Waals surface area contributed by atoms with Crippen LogP contribution in [-0.2, 0) is 4.74 Å². The van der Waals surface area contributed by atoms with Gasteiger partial charge in [0.2, 0.25) is 0 Å². The number of amides is 1. The summed E-state index contributed by atoms with van der Waals surface area (Å²) in [6.07, 6.45) is 18.2. The van der Waals surface area contributed by atoms with Crippen LogP contribution in [0.5, 0.6) is 0 Å². The SMILES string of the molecule is CCCCCCCCCCCCCCCN1CCN(C(=O)OCC)CC1. The molecule has 0 aromatic heterocycles. The second-order valence-electron chi connectivity index (χ2n) is 7.77. The Bertz CT molecular complexity index is 328. The summed E-state index contributed by atoms with van der Waals surface area (Å²) in [6, 6.07) is 0. The molecule has 0 spiro atoms. The van der Waals surface area contributed by atoms with Crippen molar-refractivity contribution in [3.8, 4) is 0 Å². The van der Waals surface area contributed by atoms with Crippen molar-refractivity contribution in [3.05, 3.63) is 0 Å². The first-order valence-corrected chi connectivity index (χ1v) is 11.4. The molecule has 1 fully saturated rings. The number of ether oxygens (including phenoxy) is 1. The van der Waals surface area contributed by atoms with E-state index in [0.717, 1.165) is 26.2 Å². The van der Waals surface area contributed by atoms with E-state index in [9.17, 15) is 4.79 Å². The number of nitrogens with zero attached hydrogens (tertiary/aromatic N) is 2. The lowest BCUT2D eigenvalue weighted by Crippen LogP contribution is -2.49. The molecule has 1 heterocycles. The maximum atomic E-state index is 11.7. The summed E-state index contributed by atoms with van der Waals surface area (Å²) in [7, 11) is 0. The van der Waals surface area contributed by atoms with Gasteiger partial charge < -0.3 is 9.64 Å². The Hall–Kier alpha value is -0.770. The monoisotopic (exact) mass is 368 g/mol. The molecular weight excluding hydrogens is 324 g/mol. The van der Waals surface area contributed by atoms with Gasteiger partial charge >= 0.3 is 6.09 Å². The van der Waals surface area contributed by atoms with Crippen LogP contribution in [0.15, 0.2) is 0 Å². The number of piperazine rings is 1. The Labute approximate surface area is 162 Å². The van der Waals surface area contributed by atoms with E-state index in [2.05, 4.69) is 11.8 Å². The third kappa shape index (κ3) is 11.8. The van der Waals surface area contributed by atoms with Gasteiger partial charge in [0.1, 0.15) is 0 Å². The maximum absolute atomic E-state index is 11.7. The fourth-order valence-electron chi connectivity index (χ4n) is 3.72. The van der Waals surface area contributed by atoms with Gasteiger partial charge in [0, 0.05) is 26.2 Å². The van der Waals surface area contributed by atoms with Crippen molar-refractivity contribution in [2.45, 2.75) is 97.3 Å². The number of hydrogen-bond donors (Lipinski definition) is 0. The molecule has 1 saturated heterocycles. The number of unbranched alkanes of at least 4 members (excludes halogenated alkanes) is 12. The lowest BCUT2D eigenvalue weighted by molar-refractivity contribution is 0.0792. The van der Waals surface area contributed by atoms with E-state index in [0.29, 0.717) is 6.61 Å². The third-order valence-corrected chi connectivity index (χ3v) is 5.48. The van der Waals surface area contributed by atoms with Gasteiger partial charge in [-0.25, -0.2) is 4.79 Å². The summed E-state index contributed by atoms with van der Waals surface area (Å²) in [4.78, 5) is 16.0. The highest BCUT2D eigenvalue weighted by atomic mass is 16.6. The molecule has 1 rings (SSSR count). The number of hydrogen-bond acceptors (Lipinski definition) is 3. The zero-order chi connectivity index (χ0) is 18.9. The smallest absolute Gasteiger partial charge is 0.409 e. The molecule has 1 aliphatic heterocycles. The van der Waals surface area contributed by atoms with Gasteiger partial charge in [0.15, 0.2) is 0 Å². The normalized spacial score (nSPS) is 15.4. The molecule has 0 aromatic carbocycles. The zero-order valence-corrected chi connectivity index (χ0v) is 17.6. The summed E-state index contributed by atoms with van der Waals surface area (Å²) >= 11 is 0. The van der Waals surface area contributed by atoms with Crippen LogP contribution in [0, 0.1) is 0 Å². The Morgan fingerprint density at radius 2 is 1.15 bits per heavy atom. The van der Waals surface area contributed by atoms with Crippen LogP contribution in [0.2, 0.25) is 0 Å². The average Bonchev–Trinajstić information content (AvgIpc) is 2.66. The summed E-state index contributed by atoms with van der Waals surface area (Å²) in [5, 5.41) is 0. The standard InChI is InChI=1S/C22H44N2O2/c1-3-5-6-7-8-9-10-11-12-13-14-15-16-17-23-18-20-24(21-19-23)22(25)26-4-2/h3-21H2,1-2H3. The first-order valence-electron chi connectivity index (χ1n) is 11.4. The highest BCUT2D eigenvalue weighted by Gasteiger charge is 2.21. The summed E-state index contributed by atoms with van der Waals surface area (Å²) in [5.74, 6) is 0. The summed E-state index contributed by atoms with van der Waals surface area (Å²) < 4.78 is 5.07. The predicted molar refractivity (Wildman–Crippen MR) is 111 cm³/mol. The van der Waals surface area contributed by atoms with Crippen molar-refractivity contribution in [1.29, 1.82) is 0 Å². The van der Waals surface area contributed by atoms with E-state index in [4.69, 9.17) is 4.74 Å². The van der Waals surface area contributed by atoms with Crippen LogP contribution in [-0.4, -0.2) is 55.2 Å². The quantitative estimate of drug-likeness (QED) is 0.340. The minimum Gasteiger partial charge on any atom is -0.450 e. The van der Waals surface area contributed by atoms with Gasteiger partial charge in [-0.05, 0) is 19.9 Å². The van der Waals surface area contributed by atoms with Gasteiger partial charge in [-0.2, -0.15) is 0 Å². The molecule has 26 heavy (non-hydrogen) atoms. The summed E-state index contributed by atoms with van der Waals surface area (Å²) in [5.41, 5.74) is 0. The Morgan fingerprint density at radius 1 is 0.692 bits per heavy atom. The molecule has 4 heteroatoms. The fraction of sp³-hybridized carbons (Fsp3) is 0.955. The first kappa shape index (κ1) is 23.3. The Kier molecular flexibility index (Phi) is 14.7. The van der Waals surface area contributed by atoms with E-state index < -0.39 is 0 Å². The predicted octanol–water partition coefficient (Wildman–Crippen LogP) is 5.85. The van der Waals surface area contributed by atoms with Crippen molar-refractivity contribution < 1.29 is 9.53 Å². The van der Waals surface area contributed by atoms with Crippen LogP contribution >= 0.6 is 0 Å². The van der Waals surface area contributed by atoms with E-state index >= 15 is 0 Å². The Morgan fingerprint density at radius 3 is 1.62 bits per heavy atom. The fourth-order valence-corrected chi connectivity index (χ4v) is 3.72. The summed E-state index contributed by atoms with van der Waals surface area (Å²) in [6.45, 7) is 9.43. The topological polar surface area (TPSA) is 32.8 Å². The molecule has 1 amide bonds. The largest absolute Gasteiger partial charge is 0.450 e. The van der Waals surface area contributed by atoms with Gasteiger partial charge in [0.05, 0.1) is 6.61 Å². The lowest BCUT2D eigenvalue weighted by atomic mass is 10.0. The lowest BCUT2D eigenvalue weighted by Gasteiger charge is -2.34. The molecule has 0 aromatic rings. The molecular formula is C22H44N2O2. The number of carbonyl (C=O) groups is 1. The van der Waals surface area contributed by atoms with Crippen molar-refractivity contribution in [3.63, 3.8) is 0 Å². The van der Waals surface area contributed by atoms with E-state index in [1.165, 1.54) is 90.0 Å². The molecule has 4 nitrogen and oxygen atoms in total. The second kappa shape index (κ2) is 16.4. The van der Waals surface area contributed by atoms with Crippen LogP contribution < -0.4 is 0 Å². The number of rotatable bonds is 15. The van der Waals surface area contributed by atoms with Gasteiger partial charge in [0.25, 0.3) is 0 Å². The molecule has 154 valence electrons. The van der Waals surface area contributed by atoms with Crippen molar-refractivity contribution >= 4 is 6.09 Å². The van der Waals surface area contributed by atoms with Gasteiger partial charge in [-0.15, -0.1) is 0 Å². The van der Waals surface area contributed by atoms with E-state index in [1.54, 1.807) is 0 Å². The highest BCUT2D eigenvalue weighted by molar-refractivity contribution is 5.67. The van der Waals surface area contributed by atoms with Crippen molar-refractivity contribution in [2.75, 3.05) is 39.3 Å². The zero-order valence-electron chi connectivity index (χ0n) is 17.6. The number of carbonyl (C=O) groups excluding carboxylic acids is 1. The molecule has 1 aliphatic rings. The molecule has 0 aliphatic carbocycles. The van der Waals surface area contributed by atoms with Gasteiger partial charge in [-0.1, -0.05) is 84.0 Å². The van der Waals surface area contributed by atoms with E-state index in [1.807, 2.05) is 11.8 Å². The van der Waals surface area contributed by atoms with Crippen LogP contribution in [0.3, 0.4) is 0 Å². The Balaban J connectivity index is 1.82. The van der Waals surface area contributed by atoms with Crippen molar-refractivity contribution in [1.82, 2.24) is 9.80 Å². The van der Waals surface area contributed by atoms with Crippen LogP contribution in [0.1, 0.15) is 97.3 Å². The maximum Gasteiger partial charge on any atom is 0.409 e.